The van der Waals surface area contributed by atoms with Crippen LogP contribution >= 0.6 is 0 Å². The number of aryl methyl sites for hydroxylation is 1. The van der Waals surface area contributed by atoms with Gasteiger partial charge in [0.2, 0.25) is 0 Å². The van der Waals surface area contributed by atoms with Gasteiger partial charge in [-0.05, 0) is 43.4 Å². The van der Waals surface area contributed by atoms with Gasteiger partial charge in [-0.25, -0.2) is 4.79 Å². The van der Waals surface area contributed by atoms with Crippen molar-refractivity contribution in [2.45, 2.75) is 32.2 Å². The lowest BCUT2D eigenvalue weighted by Gasteiger charge is -2.18. The Bertz CT molecular complexity index is 480. The highest BCUT2D eigenvalue weighted by molar-refractivity contribution is 5.95. The number of carbonyl (C=O) groups is 1. The standard InChI is InChI=1S/C13H17N3O/c1-8-6-9-4-5-16(12(9)7-11(8)14)13(17)15-10-2-3-10/h6-7,10H,2-5,14H2,1H3,(H,15,17). The van der Waals surface area contributed by atoms with Crippen LogP contribution in [0.4, 0.5) is 16.2 Å². The Hall–Kier alpha value is -1.71. The summed E-state index contributed by atoms with van der Waals surface area (Å²) in [4.78, 5) is 13.8. The Balaban J connectivity index is 1.86. The number of anilines is 2. The van der Waals surface area contributed by atoms with E-state index in [1.807, 2.05) is 17.9 Å². The van der Waals surface area contributed by atoms with Gasteiger partial charge in [0.05, 0.1) is 5.69 Å². The van der Waals surface area contributed by atoms with E-state index in [2.05, 4.69) is 11.4 Å². The van der Waals surface area contributed by atoms with Crippen LogP contribution < -0.4 is 16.0 Å². The van der Waals surface area contributed by atoms with Crippen molar-refractivity contribution in [1.29, 1.82) is 0 Å². The van der Waals surface area contributed by atoms with Crippen molar-refractivity contribution in [3.05, 3.63) is 23.3 Å². The lowest BCUT2D eigenvalue weighted by atomic mass is 10.1. The molecule has 17 heavy (non-hydrogen) atoms. The van der Waals surface area contributed by atoms with Crippen LogP contribution in [0.5, 0.6) is 0 Å². The third-order valence-electron chi connectivity index (χ3n) is 3.51. The lowest BCUT2D eigenvalue weighted by molar-refractivity contribution is 0.246. The summed E-state index contributed by atoms with van der Waals surface area (Å²) in [5.74, 6) is 0. The Kier molecular flexibility index (Phi) is 2.24. The minimum atomic E-state index is 0.0227. The molecule has 2 amide bonds. The summed E-state index contributed by atoms with van der Waals surface area (Å²) in [6, 6.07) is 4.43. The van der Waals surface area contributed by atoms with E-state index in [0.717, 1.165) is 42.7 Å². The molecule has 1 aromatic rings. The molecule has 0 atom stereocenters. The van der Waals surface area contributed by atoms with Gasteiger partial charge < -0.3 is 11.1 Å². The first kappa shape index (κ1) is 10.4. The molecule has 2 aliphatic rings. The van der Waals surface area contributed by atoms with E-state index in [4.69, 9.17) is 5.73 Å². The van der Waals surface area contributed by atoms with Gasteiger partial charge in [0.1, 0.15) is 0 Å². The summed E-state index contributed by atoms with van der Waals surface area (Å²) in [7, 11) is 0. The molecule has 3 rings (SSSR count). The van der Waals surface area contributed by atoms with Crippen molar-refractivity contribution in [1.82, 2.24) is 5.32 Å². The molecule has 1 aromatic carbocycles. The van der Waals surface area contributed by atoms with Crippen LogP contribution in [0.2, 0.25) is 0 Å². The number of nitrogens with zero attached hydrogens (tertiary/aromatic N) is 1. The summed E-state index contributed by atoms with van der Waals surface area (Å²) in [6.45, 7) is 2.76. The number of urea groups is 1. The molecule has 1 saturated carbocycles. The minimum absolute atomic E-state index is 0.0227. The van der Waals surface area contributed by atoms with E-state index in [-0.39, 0.29) is 6.03 Å². The van der Waals surface area contributed by atoms with Crippen LogP contribution in [0, 0.1) is 6.92 Å². The van der Waals surface area contributed by atoms with Gasteiger partial charge >= 0.3 is 6.03 Å². The maximum absolute atomic E-state index is 12.0. The smallest absolute Gasteiger partial charge is 0.322 e. The molecule has 0 spiro atoms. The molecule has 1 aliphatic carbocycles. The van der Waals surface area contributed by atoms with Crippen LogP contribution in [-0.2, 0) is 6.42 Å². The summed E-state index contributed by atoms with van der Waals surface area (Å²) in [5.41, 5.74) is 9.96. The predicted octanol–water partition coefficient (Wildman–Crippen LogP) is 1.81. The zero-order valence-electron chi connectivity index (χ0n) is 9.99. The van der Waals surface area contributed by atoms with Crippen LogP contribution in [0.1, 0.15) is 24.0 Å². The van der Waals surface area contributed by atoms with Crippen LogP contribution in [0.3, 0.4) is 0 Å². The average Bonchev–Trinajstić information content (AvgIpc) is 3.00. The van der Waals surface area contributed by atoms with Gasteiger partial charge in [-0.1, -0.05) is 6.07 Å². The Morgan fingerprint density at radius 1 is 1.47 bits per heavy atom. The molecule has 0 radical (unpaired) electrons. The summed E-state index contributed by atoms with van der Waals surface area (Å²) >= 11 is 0. The van der Waals surface area contributed by atoms with Gasteiger partial charge in [-0.3, -0.25) is 4.90 Å². The van der Waals surface area contributed by atoms with Gasteiger partial charge in [-0.15, -0.1) is 0 Å². The fourth-order valence-corrected chi connectivity index (χ4v) is 2.27. The maximum Gasteiger partial charge on any atom is 0.322 e. The van der Waals surface area contributed by atoms with E-state index in [1.54, 1.807) is 0 Å². The monoisotopic (exact) mass is 231 g/mol. The van der Waals surface area contributed by atoms with Crippen LogP contribution in [0.25, 0.3) is 0 Å². The van der Waals surface area contributed by atoms with Crippen molar-refractivity contribution in [3.8, 4) is 0 Å². The number of nitrogens with one attached hydrogen (secondary N) is 1. The quantitative estimate of drug-likeness (QED) is 0.724. The number of hydrogen-bond acceptors (Lipinski definition) is 2. The van der Waals surface area contributed by atoms with E-state index in [1.165, 1.54) is 5.56 Å². The number of carbonyl (C=O) groups excluding carboxylic acids is 1. The topological polar surface area (TPSA) is 58.4 Å². The van der Waals surface area contributed by atoms with Gasteiger partial charge in [0, 0.05) is 18.3 Å². The van der Waals surface area contributed by atoms with Crippen molar-refractivity contribution in [2.24, 2.45) is 0 Å². The molecule has 0 unspecified atom stereocenters. The molecule has 4 nitrogen and oxygen atoms in total. The number of hydrogen-bond donors (Lipinski definition) is 2. The number of nitrogens with two attached hydrogens (primary N) is 1. The number of amides is 2. The summed E-state index contributed by atoms with van der Waals surface area (Å²) in [6.07, 6.45) is 3.15. The van der Waals surface area contributed by atoms with Gasteiger partial charge in [0.25, 0.3) is 0 Å². The van der Waals surface area contributed by atoms with Crippen molar-refractivity contribution < 1.29 is 4.79 Å². The average molecular weight is 231 g/mol. The van der Waals surface area contributed by atoms with E-state index < -0.39 is 0 Å². The molecule has 0 aromatic heterocycles. The molecule has 0 bridgehead atoms. The number of rotatable bonds is 1. The van der Waals surface area contributed by atoms with Crippen molar-refractivity contribution in [2.75, 3.05) is 17.2 Å². The van der Waals surface area contributed by atoms with Crippen LogP contribution in [0.15, 0.2) is 12.1 Å². The summed E-state index contributed by atoms with van der Waals surface area (Å²) in [5, 5.41) is 3.02. The third kappa shape index (κ3) is 1.84. The van der Waals surface area contributed by atoms with Crippen LogP contribution in [-0.4, -0.2) is 18.6 Å². The van der Waals surface area contributed by atoms with Gasteiger partial charge in [0.15, 0.2) is 0 Å². The first-order valence-corrected chi connectivity index (χ1v) is 6.12. The largest absolute Gasteiger partial charge is 0.398 e. The van der Waals surface area contributed by atoms with E-state index >= 15 is 0 Å². The molecular formula is C13H17N3O. The number of fused-ring (bicyclic) bond motifs is 1. The van der Waals surface area contributed by atoms with Crippen molar-refractivity contribution >= 4 is 17.4 Å². The molecule has 1 heterocycles. The third-order valence-corrected chi connectivity index (χ3v) is 3.51. The molecular weight excluding hydrogens is 214 g/mol. The molecule has 1 aliphatic heterocycles. The minimum Gasteiger partial charge on any atom is -0.398 e. The number of benzene rings is 1. The van der Waals surface area contributed by atoms with E-state index in [0.29, 0.717) is 6.04 Å². The van der Waals surface area contributed by atoms with Gasteiger partial charge in [-0.2, -0.15) is 0 Å². The first-order valence-electron chi connectivity index (χ1n) is 6.12. The Labute approximate surface area is 101 Å². The molecule has 0 saturated heterocycles. The fraction of sp³-hybridized carbons (Fsp3) is 0.462. The highest BCUT2D eigenvalue weighted by Crippen LogP contribution is 2.32. The number of nitrogen functional groups attached to an aromatic ring is 1. The zero-order valence-corrected chi connectivity index (χ0v) is 9.99. The SMILES string of the molecule is Cc1cc2c(cc1N)N(C(=O)NC1CC1)CC2. The Morgan fingerprint density at radius 2 is 2.24 bits per heavy atom. The maximum atomic E-state index is 12.0. The molecule has 3 N–H and O–H groups in total. The highest BCUT2D eigenvalue weighted by atomic mass is 16.2. The zero-order chi connectivity index (χ0) is 12.0. The van der Waals surface area contributed by atoms with E-state index in [9.17, 15) is 4.79 Å². The lowest BCUT2D eigenvalue weighted by Crippen LogP contribution is -2.40. The second kappa shape index (κ2) is 3.65. The fourth-order valence-electron chi connectivity index (χ4n) is 2.27. The van der Waals surface area contributed by atoms with Crippen molar-refractivity contribution in [3.63, 3.8) is 0 Å². The molecule has 4 heteroatoms. The summed E-state index contributed by atoms with van der Waals surface area (Å²) < 4.78 is 0. The Morgan fingerprint density at radius 3 is 2.94 bits per heavy atom. The normalized spacial score (nSPS) is 18.1. The predicted molar refractivity (Wildman–Crippen MR) is 68.2 cm³/mol. The molecule has 1 fully saturated rings. The molecule has 90 valence electrons. The highest BCUT2D eigenvalue weighted by Gasteiger charge is 2.30. The first-order chi connectivity index (χ1) is 8.15. The second-order valence-corrected chi connectivity index (χ2v) is 4.96. The second-order valence-electron chi connectivity index (χ2n) is 4.96.